The summed E-state index contributed by atoms with van der Waals surface area (Å²) in [7, 11) is -4.19. The lowest BCUT2D eigenvalue weighted by Gasteiger charge is -2.10. The van der Waals surface area contributed by atoms with E-state index < -0.39 is 27.7 Å². The zero-order chi connectivity index (χ0) is 22.6. The van der Waals surface area contributed by atoms with Crippen molar-refractivity contribution in [3.63, 3.8) is 0 Å². The highest BCUT2D eigenvalue weighted by Gasteiger charge is 2.30. The minimum atomic E-state index is -4.46. The molecule has 3 rings (SSSR count). The van der Waals surface area contributed by atoms with Crippen LogP contribution in [0.1, 0.15) is 21.6 Å². The summed E-state index contributed by atoms with van der Waals surface area (Å²) in [6, 6.07) is 11.7. The van der Waals surface area contributed by atoms with Crippen LogP contribution in [-0.2, 0) is 22.8 Å². The summed E-state index contributed by atoms with van der Waals surface area (Å²) >= 11 is 0. The van der Waals surface area contributed by atoms with E-state index in [0.717, 1.165) is 30.5 Å². The number of alkyl halides is 3. The SMILES string of the molecule is O=C(NS(=O)(=O)c1ccc(Oc2ccc(C(F)(F)F)cc2)cc1)c1ccc(CO)nc1. The molecule has 162 valence electrons. The number of amides is 1. The Morgan fingerprint density at radius 2 is 1.55 bits per heavy atom. The molecule has 2 aromatic carbocycles. The Morgan fingerprint density at radius 1 is 0.968 bits per heavy atom. The summed E-state index contributed by atoms with van der Waals surface area (Å²) in [5, 5.41) is 8.95. The number of aliphatic hydroxyl groups excluding tert-OH is 1. The zero-order valence-corrected chi connectivity index (χ0v) is 16.4. The van der Waals surface area contributed by atoms with Gasteiger partial charge in [0.1, 0.15) is 11.5 Å². The van der Waals surface area contributed by atoms with Crippen molar-refractivity contribution in [2.45, 2.75) is 17.7 Å². The van der Waals surface area contributed by atoms with Gasteiger partial charge in [-0.2, -0.15) is 13.2 Å². The molecular weight excluding hydrogens is 437 g/mol. The van der Waals surface area contributed by atoms with E-state index in [0.29, 0.717) is 5.69 Å². The minimum Gasteiger partial charge on any atom is -0.457 e. The molecule has 31 heavy (non-hydrogen) atoms. The second-order valence-electron chi connectivity index (χ2n) is 6.23. The van der Waals surface area contributed by atoms with Gasteiger partial charge in [-0.3, -0.25) is 9.78 Å². The number of pyridine rings is 1. The van der Waals surface area contributed by atoms with Crippen LogP contribution in [0.3, 0.4) is 0 Å². The summed E-state index contributed by atoms with van der Waals surface area (Å²) in [5.74, 6) is -0.577. The van der Waals surface area contributed by atoms with E-state index in [1.54, 1.807) is 0 Å². The molecule has 0 radical (unpaired) electrons. The maximum absolute atomic E-state index is 12.6. The highest BCUT2D eigenvalue weighted by atomic mass is 32.2. The van der Waals surface area contributed by atoms with Crippen molar-refractivity contribution in [2.75, 3.05) is 0 Å². The Hall–Kier alpha value is -3.44. The third-order valence-corrected chi connectivity index (χ3v) is 5.37. The number of ether oxygens (including phenoxy) is 1. The van der Waals surface area contributed by atoms with Crippen LogP contribution in [0.25, 0.3) is 0 Å². The fourth-order valence-corrected chi connectivity index (χ4v) is 3.40. The molecule has 0 spiro atoms. The lowest BCUT2D eigenvalue weighted by atomic mass is 10.2. The number of benzene rings is 2. The Balaban J connectivity index is 1.68. The average Bonchev–Trinajstić information content (AvgIpc) is 2.73. The average molecular weight is 452 g/mol. The molecule has 3 aromatic rings. The number of aliphatic hydroxyl groups is 1. The normalized spacial score (nSPS) is 11.7. The van der Waals surface area contributed by atoms with Gasteiger partial charge in [-0.25, -0.2) is 13.1 Å². The van der Waals surface area contributed by atoms with Crippen molar-refractivity contribution < 1.29 is 36.2 Å². The summed E-state index contributed by atoms with van der Waals surface area (Å²) < 4.78 is 69.9. The number of sulfonamides is 1. The Kier molecular flexibility index (Phi) is 6.27. The molecule has 0 bridgehead atoms. The van der Waals surface area contributed by atoms with Crippen molar-refractivity contribution in [1.29, 1.82) is 0 Å². The van der Waals surface area contributed by atoms with Gasteiger partial charge in [0, 0.05) is 6.20 Å². The summed E-state index contributed by atoms with van der Waals surface area (Å²) in [4.78, 5) is 15.7. The fraction of sp³-hybridized carbons (Fsp3) is 0.100. The van der Waals surface area contributed by atoms with Gasteiger partial charge in [-0.05, 0) is 60.7 Å². The maximum Gasteiger partial charge on any atom is 0.416 e. The summed E-state index contributed by atoms with van der Waals surface area (Å²) in [5.41, 5.74) is -0.510. The molecule has 0 aliphatic carbocycles. The van der Waals surface area contributed by atoms with Crippen molar-refractivity contribution in [1.82, 2.24) is 9.71 Å². The topological polar surface area (TPSA) is 106 Å². The van der Waals surface area contributed by atoms with Crippen LogP contribution in [-0.4, -0.2) is 24.4 Å². The van der Waals surface area contributed by atoms with Gasteiger partial charge in [0.2, 0.25) is 0 Å². The van der Waals surface area contributed by atoms with Crippen LogP contribution in [0.2, 0.25) is 0 Å². The highest BCUT2D eigenvalue weighted by Crippen LogP contribution is 2.31. The smallest absolute Gasteiger partial charge is 0.416 e. The van der Waals surface area contributed by atoms with Crippen molar-refractivity contribution in [2.24, 2.45) is 0 Å². The van der Waals surface area contributed by atoms with Crippen LogP contribution in [0, 0.1) is 0 Å². The third-order valence-electron chi connectivity index (χ3n) is 4.03. The predicted octanol–water partition coefficient (Wildman–Crippen LogP) is 3.50. The molecule has 11 heteroatoms. The van der Waals surface area contributed by atoms with E-state index in [4.69, 9.17) is 9.84 Å². The molecule has 0 aliphatic rings. The quantitative estimate of drug-likeness (QED) is 0.593. The van der Waals surface area contributed by atoms with E-state index in [-0.39, 0.29) is 28.6 Å². The summed E-state index contributed by atoms with van der Waals surface area (Å²) in [6.07, 6.45) is -3.33. The Labute approximate surface area is 175 Å². The molecule has 7 nitrogen and oxygen atoms in total. The molecule has 1 heterocycles. The monoisotopic (exact) mass is 452 g/mol. The van der Waals surface area contributed by atoms with E-state index >= 15 is 0 Å². The Bertz CT molecular complexity index is 1160. The summed E-state index contributed by atoms with van der Waals surface area (Å²) in [6.45, 7) is -0.318. The second-order valence-corrected chi connectivity index (χ2v) is 7.91. The number of carbonyl (C=O) groups is 1. The van der Waals surface area contributed by atoms with Crippen molar-refractivity contribution in [3.05, 3.63) is 83.7 Å². The molecule has 0 unspecified atom stereocenters. The van der Waals surface area contributed by atoms with Gasteiger partial charge < -0.3 is 9.84 Å². The van der Waals surface area contributed by atoms with Crippen LogP contribution in [0.5, 0.6) is 11.5 Å². The molecule has 0 aliphatic heterocycles. The first kappa shape index (κ1) is 22.2. The fourth-order valence-electron chi connectivity index (χ4n) is 2.43. The molecule has 0 saturated heterocycles. The first-order valence-electron chi connectivity index (χ1n) is 8.66. The number of nitrogens with zero attached hydrogens (tertiary/aromatic N) is 1. The van der Waals surface area contributed by atoms with Gasteiger partial charge in [-0.1, -0.05) is 0 Å². The third kappa shape index (κ3) is 5.58. The number of aromatic nitrogens is 1. The van der Waals surface area contributed by atoms with E-state index in [1.807, 2.05) is 4.72 Å². The number of nitrogens with one attached hydrogen (secondary N) is 1. The first-order chi connectivity index (χ1) is 14.6. The molecule has 0 fully saturated rings. The standard InChI is InChI=1S/C20H15F3N2O5S/c21-20(22,23)14-2-5-16(6-3-14)30-17-7-9-18(10-8-17)31(28,29)25-19(27)13-1-4-15(12-26)24-11-13/h1-11,26H,12H2,(H,25,27). The van der Waals surface area contributed by atoms with Gasteiger partial charge in [-0.15, -0.1) is 0 Å². The Morgan fingerprint density at radius 3 is 2.03 bits per heavy atom. The van der Waals surface area contributed by atoms with Gasteiger partial charge in [0.25, 0.3) is 15.9 Å². The second kappa shape index (κ2) is 8.74. The van der Waals surface area contributed by atoms with Gasteiger partial charge >= 0.3 is 6.18 Å². The largest absolute Gasteiger partial charge is 0.457 e. The first-order valence-corrected chi connectivity index (χ1v) is 10.1. The number of carbonyl (C=O) groups excluding carboxylic acids is 1. The molecule has 1 amide bonds. The molecular formula is C20H15F3N2O5S. The van der Waals surface area contributed by atoms with E-state index in [2.05, 4.69) is 4.98 Å². The lowest BCUT2D eigenvalue weighted by Crippen LogP contribution is -2.30. The van der Waals surface area contributed by atoms with E-state index in [1.165, 1.54) is 36.4 Å². The number of hydrogen-bond acceptors (Lipinski definition) is 6. The molecule has 2 N–H and O–H groups in total. The lowest BCUT2D eigenvalue weighted by molar-refractivity contribution is -0.137. The highest BCUT2D eigenvalue weighted by molar-refractivity contribution is 7.90. The van der Waals surface area contributed by atoms with Gasteiger partial charge in [0.15, 0.2) is 0 Å². The van der Waals surface area contributed by atoms with Crippen LogP contribution >= 0.6 is 0 Å². The van der Waals surface area contributed by atoms with Crippen molar-refractivity contribution >= 4 is 15.9 Å². The minimum absolute atomic E-state index is 0.0111. The maximum atomic E-state index is 12.6. The number of halogens is 3. The zero-order valence-electron chi connectivity index (χ0n) is 15.6. The van der Waals surface area contributed by atoms with Gasteiger partial charge in [0.05, 0.1) is 28.3 Å². The van der Waals surface area contributed by atoms with Crippen LogP contribution in [0.15, 0.2) is 71.8 Å². The van der Waals surface area contributed by atoms with Crippen molar-refractivity contribution in [3.8, 4) is 11.5 Å². The number of hydrogen-bond donors (Lipinski definition) is 2. The van der Waals surface area contributed by atoms with E-state index in [9.17, 15) is 26.4 Å². The molecule has 0 atom stereocenters. The predicted molar refractivity (Wildman–Crippen MR) is 103 cm³/mol. The molecule has 0 saturated carbocycles. The molecule has 1 aromatic heterocycles. The number of rotatable bonds is 6. The van der Waals surface area contributed by atoms with Crippen LogP contribution < -0.4 is 9.46 Å². The van der Waals surface area contributed by atoms with Crippen LogP contribution in [0.4, 0.5) is 13.2 Å².